The van der Waals surface area contributed by atoms with E-state index in [2.05, 4.69) is 22.6 Å². The molecule has 1 nitrogen and oxygen atoms in total. The standard InChI is InChI=1S/C14H12F2IN/c15-11-2-1-3-12(16)14(11)13(18)8-9-4-6-10(17)7-5-9/h1-7,13H,8,18H2. The van der Waals surface area contributed by atoms with Gasteiger partial charge in [0.1, 0.15) is 11.6 Å². The molecule has 94 valence electrons. The maximum Gasteiger partial charge on any atom is 0.130 e. The fourth-order valence-corrected chi connectivity index (χ4v) is 2.20. The molecule has 0 saturated carbocycles. The first kappa shape index (κ1) is 13.4. The minimum Gasteiger partial charge on any atom is -0.323 e. The summed E-state index contributed by atoms with van der Waals surface area (Å²) in [7, 11) is 0. The SMILES string of the molecule is NC(Cc1ccc(I)cc1)c1c(F)cccc1F. The Morgan fingerprint density at radius 2 is 1.56 bits per heavy atom. The molecule has 0 heterocycles. The van der Waals surface area contributed by atoms with Gasteiger partial charge < -0.3 is 5.73 Å². The van der Waals surface area contributed by atoms with Crippen molar-refractivity contribution in [3.63, 3.8) is 0 Å². The molecule has 1 unspecified atom stereocenters. The lowest BCUT2D eigenvalue weighted by Gasteiger charge is -2.14. The molecule has 1 atom stereocenters. The highest BCUT2D eigenvalue weighted by atomic mass is 127. The normalized spacial score (nSPS) is 12.4. The van der Waals surface area contributed by atoms with Crippen molar-refractivity contribution < 1.29 is 8.78 Å². The second-order valence-corrected chi connectivity index (χ2v) is 5.32. The van der Waals surface area contributed by atoms with Gasteiger partial charge in [-0.15, -0.1) is 0 Å². The largest absolute Gasteiger partial charge is 0.323 e. The van der Waals surface area contributed by atoms with Crippen molar-refractivity contribution in [3.05, 3.63) is 68.8 Å². The molecule has 0 aromatic heterocycles. The molecule has 4 heteroatoms. The Balaban J connectivity index is 2.22. The molecule has 2 N–H and O–H groups in total. The van der Waals surface area contributed by atoms with E-state index in [1.165, 1.54) is 18.2 Å². The van der Waals surface area contributed by atoms with Gasteiger partial charge in [0.15, 0.2) is 0 Å². The molecular weight excluding hydrogens is 347 g/mol. The van der Waals surface area contributed by atoms with E-state index in [0.717, 1.165) is 9.13 Å². The lowest BCUT2D eigenvalue weighted by molar-refractivity contribution is 0.524. The van der Waals surface area contributed by atoms with Gasteiger partial charge in [0.25, 0.3) is 0 Å². The van der Waals surface area contributed by atoms with E-state index in [1.54, 1.807) is 0 Å². The second-order valence-electron chi connectivity index (χ2n) is 4.07. The summed E-state index contributed by atoms with van der Waals surface area (Å²) in [6.45, 7) is 0. The van der Waals surface area contributed by atoms with Crippen molar-refractivity contribution in [2.24, 2.45) is 5.73 Å². The van der Waals surface area contributed by atoms with Crippen LogP contribution in [0.2, 0.25) is 0 Å². The van der Waals surface area contributed by atoms with Crippen LogP contribution in [0.5, 0.6) is 0 Å². The van der Waals surface area contributed by atoms with Crippen LogP contribution in [0.15, 0.2) is 42.5 Å². The lowest BCUT2D eigenvalue weighted by Crippen LogP contribution is -2.16. The summed E-state index contributed by atoms with van der Waals surface area (Å²) >= 11 is 2.20. The Hall–Kier alpha value is -1.01. The lowest BCUT2D eigenvalue weighted by atomic mass is 9.99. The van der Waals surface area contributed by atoms with Crippen molar-refractivity contribution in [2.45, 2.75) is 12.5 Å². The van der Waals surface area contributed by atoms with Gasteiger partial charge in [-0.05, 0) is 58.8 Å². The monoisotopic (exact) mass is 359 g/mol. The summed E-state index contributed by atoms with van der Waals surface area (Å²) < 4.78 is 28.2. The highest BCUT2D eigenvalue weighted by Crippen LogP contribution is 2.22. The van der Waals surface area contributed by atoms with Crippen LogP contribution in [0.1, 0.15) is 17.2 Å². The number of benzene rings is 2. The van der Waals surface area contributed by atoms with Gasteiger partial charge in [0.2, 0.25) is 0 Å². The van der Waals surface area contributed by atoms with E-state index in [9.17, 15) is 8.78 Å². The van der Waals surface area contributed by atoms with Crippen LogP contribution in [0, 0.1) is 15.2 Å². The number of hydrogen-bond acceptors (Lipinski definition) is 1. The predicted molar refractivity (Wildman–Crippen MR) is 76.1 cm³/mol. The Morgan fingerprint density at radius 3 is 2.11 bits per heavy atom. The molecule has 2 rings (SSSR count). The van der Waals surface area contributed by atoms with Crippen molar-refractivity contribution in [1.82, 2.24) is 0 Å². The average molecular weight is 359 g/mol. The van der Waals surface area contributed by atoms with Gasteiger partial charge in [-0.25, -0.2) is 8.78 Å². The molecule has 0 aliphatic rings. The van der Waals surface area contributed by atoms with E-state index < -0.39 is 17.7 Å². The zero-order chi connectivity index (χ0) is 13.1. The third-order valence-electron chi connectivity index (χ3n) is 2.74. The van der Waals surface area contributed by atoms with Crippen LogP contribution in [-0.2, 0) is 6.42 Å². The molecule has 0 aliphatic heterocycles. The Bertz CT molecular complexity index is 520. The van der Waals surface area contributed by atoms with Crippen LogP contribution < -0.4 is 5.73 Å². The molecule has 0 bridgehead atoms. The maximum absolute atomic E-state index is 13.5. The molecular formula is C14H12F2IN. The molecule has 0 aliphatic carbocycles. The van der Waals surface area contributed by atoms with Gasteiger partial charge in [0, 0.05) is 15.2 Å². The third kappa shape index (κ3) is 3.05. The summed E-state index contributed by atoms with van der Waals surface area (Å²) in [5.41, 5.74) is 6.80. The van der Waals surface area contributed by atoms with Crippen molar-refractivity contribution >= 4 is 22.6 Å². The summed E-state index contributed by atoms with van der Waals surface area (Å²) in [5.74, 6) is -1.18. The van der Waals surface area contributed by atoms with Crippen LogP contribution in [0.3, 0.4) is 0 Å². The summed E-state index contributed by atoms with van der Waals surface area (Å²) in [6, 6.07) is 10.8. The Labute approximate surface area is 118 Å². The quantitative estimate of drug-likeness (QED) is 0.829. The van der Waals surface area contributed by atoms with Crippen LogP contribution >= 0.6 is 22.6 Å². The third-order valence-corrected chi connectivity index (χ3v) is 3.46. The first-order valence-corrected chi connectivity index (χ1v) is 6.59. The highest BCUT2D eigenvalue weighted by Gasteiger charge is 2.16. The highest BCUT2D eigenvalue weighted by molar-refractivity contribution is 14.1. The summed E-state index contributed by atoms with van der Waals surface area (Å²) in [4.78, 5) is 0. The van der Waals surface area contributed by atoms with Crippen LogP contribution in [-0.4, -0.2) is 0 Å². The predicted octanol–water partition coefficient (Wildman–Crippen LogP) is 3.81. The minimum atomic E-state index is -0.675. The number of halogens is 3. The first-order valence-electron chi connectivity index (χ1n) is 5.52. The molecule has 0 amide bonds. The fraction of sp³-hybridized carbons (Fsp3) is 0.143. The van der Waals surface area contributed by atoms with Gasteiger partial charge in [0.05, 0.1) is 0 Å². The van der Waals surface area contributed by atoms with Gasteiger partial charge in [-0.2, -0.15) is 0 Å². The number of nitrogens with two attached hydrogens (primary N) is 1. The van der Waals surface area contributed by atoms with E-state index in [1.807, 2.05) is 24.3 Å². The fourth-order valence-electron chi connectivity index (χ4n) is 1.84. The zero-order valence-corrected chi connectivity index (χ0v) is 11.7. The summed E-state index contributed by atoms with van der Waals surface area (Å²) in [5, 5.41) is 0. The van der Waals surface area contributed by atoms with Crippen molar-refractivity contribution in [1.29, 1.82) is 0 Å². The molecule has 18 heavy (non-hydrogen) atoms. The van der Waals surface area contributed by atoms with Gasteiger partial charge >= 0.3 is 0 Å². The van der Waals surface area contributed by atoms with E-state index in [0.29, 0.717) is 6.42 Å². The van der Waals surface area contributed by atoms with Crippen molar-refractivity contribution in [2.75, 3.05) is 0 Å². The topological polar surface area (TPSA) is 26.0 Å². The van der Waals surface area contributed by atoms with E-state index in [4.69, 9.17) is 5.73 Å². The maximum atomic E-state index is 13.5. The minimum absolute atomic E-state index is 0.0453. The average Bonchev–Trinajstić information content (AvgIpc) is 2.32. The van der Waals surface area contributed by atoms with Crippen molar-refractivity contribution in [3.8, 4) is 0 Å². The van der Waals surface area contributed by atoms with Gasteiger partial charge in [-0.3, -0.25) is 0 Å². The van der Waals surface area contributed by atoms with Crippen LogP contribution in [0.25, 0.3) is 0 Å². The molecule has 2 aromatic carbocycles. The molecule has 0 spiro atoms. The van der Waals surface area contributed by atoms with E-state index >= 15 is 0 Å². The van der Waals surface area contributed by atoms with Crippen LogP contribution in [0.4, 0.5) is 8.78 Å². The number of rotatable bonds is 3. The first-order chi connectivity index (χ1) is 8.58. The molecule has 0 radical (unpaired) electrons. The number of hydrogen-bond donors (Lipinski definition) is 1. The Kier molecular flexibility index (Phi) is 4.29. The molecule has 0 fully saturated rings. The molecule has 0 saturated heterocycles. The smallest absolute Gasteiger partial charge is 0.130 e. The molecule has 2 aromatic rings. The van der Waals surface area contributed by atoms with E-state index in [-0.39, 0.29) is 5.56 Å². The van der Waals surface area contributed by atoms with Gasteiger partial charge in [-0.1, -0.05) is 18.2 Å². The zero-order valence-electron chi connectivity index (χ0n) is 9.54. The Morgan fingerprint density at radius 1 is 1.00 bits per heavy atom. The second kappa shape index (κ2) is 5.75. The summed E-state index contributed by atoms with van der Waals surface area (Å²) in [6.07, 6.45) is 0.411.